The summed E-state index contributed by atoms with van der Waals surface area (Å²) in [5, 5.41) is 12.7. The summed E-state index contributed by atoms with van der Waals surface area (Å²) in [6.07, 6.45) is 1.49. The van der Waals surface area contributed by atoms with Gasteiger partial charge in [0.05, 0.1) is 5.57 Å². The first-order valence-electron chi connectivity index (χ1n) is 8.10. The van der Waals surface area contributed by atoms with Gasteiger partial charge in [0, 0.05) is 22.7 Å². The minimum atomic E-state index is -1.10. The topological polar surface area (TPSA) is 70.5 Å². The van der Waals surface area contributed by atoms with Crippen molar-refractivity contribution in [3.05, 3.63) is 88.7 Å². The van der Waals surface area contributed by atoms with Gasteiger partial charge in [-0.2, -0.15) is 0 Å². The van der Waals surface area contributed by atoms with Crippen molar-refractivity contribution in [3.8, 4) is 0 Å². The van der Waals surface area contributed by atoms with Gasteiger partial charge in [-0.3, -0.25) is 14.5 Å². The van der Waals surface area contributed by atoms with Gasteiger partial charge in [0.1, 0.15) is 17.6 Å². The molecule has 3 aromatic rings. The lowest BCUT2D eigenvalue weighted by Gasteiger charge is -2.23. The van der Waals surface area contributed by atoms with Crippen molar-refractivity contribution < 1.29 is 19.1 Å². The van der Waals surface area contributed by atoms with E-state index in [1.165, 1.54) is 24.4 Å². The first-order valence-corrected chi connectivity index (χ1v) is 8.98. The lowest BCUT2D eigenvalue weighted by atomic mass is 9.95. The predicted molar refractivity (Wildman–Crippen MR) is 99.7 cm³/mol. The first-order chi connectivity index (χ1) is 13.1. The van der Waals surface area contributed by atoms with Crippen molar-refractivity contribution in [1.29, 1.82) is 0 Å². The van der Waals surface area contributed by atoms with E-state index in [-0.39, 0.29) is 22.0 Å². The number of amides is 1. The Hall–Kier alpha value is -3.32. The van der Waals surface area contributed by atoms with Crippen molar-refractivity contribution in [3.63, 3.8) is 0 Å². The quantitative estimate of drug-likeness (QED) is 0.425. The van der Waals surface area contributed by atoms with E-state index in [1.54, 1.807) is 41.8 Å². The number of rotatable bonds is 3. The Kier molecular flexibility index (Phi) is 4.29. The van der Waals surface area contributed by atoms with Crippen molar-refractivity contribution in [1.82, 2.24) is 4.98 Å². The molecule has 1 aromatic heterocycles. The zero-order chi connectivity index (χ0) is 19.0. The van der Waals surface area contributed by atoms with Crippen LogP contribution < -0.4 is 4.90 Å². The number of aliphatic hydroxyl groups excluding tert-OH is 1. The molecule has 0 radical (unpaired) electrons. The van der Waals surface area contributed by atoms with Crippen LogP contribution in [0.5, 0.6) is 0 Å². The number of aromatic nitrogens is 1. The van der Waals surface area contributed by atoms with Crippen LogP contribution in [0.1, 0.15) is 17.2 Å². The number of thiazole rings is 1. The number of halogens is 1. The minimum absolute atomic E-state index is 0.115. The number of anilines is 1. The van der Waals surface area contributed by atoms with Crippen LogP contribution in [0.25, 0.3) is 5.76 Å². The Morgan fingerprint density at radius 3 is 2.44 bits per heavy atom. The van der Waals surface area contributed by atoms with E-state index < -0.39 is 23.5 Å². The van der Waals surface area contributed by atoms with E-state index in [0.717, 1.165) is 16.2 Å². The Bertz CT molecular complexity index is 1050. The summed E-state index contributed by atoms with van der Waals surface area (Å²) in [5.41, 5.74) is 0.326. The molecule has 1 aliphatic rings. The highest BCUT2D eigenvalue weighted by atomic mass is 32.1. The SMILES string of the molecule is O=C1C(=O)N(c2nccs2)C(c2ccccc2F)C1=C(O)c1ccccc1. The van der Waals surface area contributed by atoms with E-state index in [4.69, 9.17) is 0 Å². The molecule has 1 N–H and O–H groups in total. The molecule has 1 saturated heterocycles. The number of carbonyl (C=O) groups excluding carboxylic acids is 2. The van der Waals surface area contributed by atoms with Gasteiger partial charge in [0.25, 0.3) is 5.78 Å². The third-order valence-corrected chi connectivity index (χ3v) is 5.09. The highest BCUT2D eigenvalue weighted by Gasteiger charge is 2.48. The van der Waals surface area contributed by atoms with Gasteiger partial charge < -0.3 is 5.11 Å². The monoisotopic (exact) mass is 380 g/mol. The molecule has 1 fully saturated rings. The molecule has 5 nitrogen and oxygen atoms in total. The van der Waals surface area contributed by atoms with E-state index in [2.05, 4.69) is 4.98 Å². The van der Waals surface area contributed by atoms with Crippen molar-refractivity contribution in [2.24, 2.45) is 0 Å². The van der Waals surface area contributed by atoms with Crippen LogP contribution in [0.4, 0.5) is 9.52 Å². The fraction of sp³-hybridized carbons (Fsp3) is 0.0500. The second-order valence-electron chi connectivity index (χ2n) is 5.87. The smallest absolute Gasteiger partial charge is 0.301 e. The maximum absolute atomic E-state index is 14.6. The van der Waals surface area contributed by atoms with Gasteiger partial charge in [-0.15, -0.1) is 11.3 Å². The number of aliphatic hydroxyl groups is 1. The van der Waals surface area contributed by atoms with Gasteiger partial charge >= 0.3 is 5.91 Å². The molecular formula is C20H13FN2O3S. The average Bonchev–Trinajstić information content (AvgIpc) is 3.30. The van der Waals surface area contributed by atoms with Gasteiger partial charge in [-0.1, -0.05) is 48.5 Å². The number of hydrogen-bond donors (Lipinski definition) is 1. The normalized spacial score (nSPS) is 18.9. The molecule has 4 rings (SSSR count). The summed E-state index contributed by atoms with van der Waals surface area (Å²) in [4.78, 5) is 30.7. The summed E-state index contributed by atoms with van der Waals surface area (Å²) >= 11 is 1.15. The number of carbonyl (C=O) groups is 2. The molecule has 27 heavy (non-hydrogen) atoms. The molecule has 1 aliphatic heterocycles. The minimum Gasteiger partial charge on any atom is -0.507 e. The van der Waals surface area contributed by atoms with Crippen LogP contribution in [0, 0.1) is 5.82 Å². The van der Waals surface area contributed by atoms with Crippen LogP contribution in [-0.4, -0.2) is 21.8 Å². The molecule has 134 valence electrons. The van der Waals surface area contributed by atoms with Gasteiger partial charge in [-0.25, -0.2) is 9.37 Å². The number of nitrogens with zero attached hydrogens (tertiary/aromatic N) is 2. The fourth-order valence-electron chi connectivity index (χ4n) is 3.11. The van der Waals surface area contributed by atoms with Crippen LogP contribution in [0.3, 0.4) is 0 Å². The third kappa shape index (κ3) is 2.82. The summed E-state index contributed by atoms with van der Waals surface area (Å²) in [7, 11) is 0. The Labute approximate surface area is 158 Å². The molecule has 2 heterocycles. The molecule has 1 unspecified atom stereocenters. The zero-order valence-corrected chi connectivity index (χ0v) is 14.7. The first kappa shape index (κ1) is 17.1. The summed E-state index contributed by atoms with van der Waals surface area (Å²) in [6, 6.07) is 13.2. The maximum Gasteiger partial charge on any atom is 0.301 e. The second kappa shape index (κ2) is 6.77. The Morgan fingerprint density at radius 1 is 1.07 bits per heavy atom. The van der Waals surface area contributed by atoms with Crippen LogP contribution in [0.15, 0.2) is 71.7 Å². The predicted octanol–water partition coefficient (Wildman–Crippen LogP) is 3.91. The highest BCUT2D eigenvalue weighted by Crippen LogP contribution is 2.43. The molecule has 1 atom stereocenters. The fourth-order valence-corrected chi connectivity index (χ4v) is 3.77. The van der Waals surface area contributed by atoms with Gasteiger partial charge in [-0.05, 0) is 6.07 Å². The molecule has 7 heteroatoms. The largest absolute Gasteiger partial charge is 0.507 e. The molecule has 0 saturated carbocycles. The van der Waals surface area contributed by atoms with Crippen LogP contribution >= 0.6 is 11.3 Å². The highest BCUT2D eigenvalue weighted by molar-refractivity contribution is 7.14. The average molecular weight is 380 g/mol. The number of hydrogen-bond acceptors (Lipinski definition) is 5. The van der Waals surface area contributed by atoms with E-state index >= 15 is 0 Å². The number of Topliss-reactive ketones (excluding diaryl/α,β-unsaturated/α-hetero) is 1. The Balaban J connectivity index is 1.98. The van der Waals surface area contributed by atoms with Crippen LogP contribution in [-0.2, 0) is 9.59 Å². The van der Waals surface area contributed by atoms with Crippen molar-refractivity contribution in [2.75, 3.05) is 4.90 Å². The zero-order valence-electron chi connectivity index (χ0n) is 13.9. The molecular weight excluding hydrogens is 367 g/mol. The lowest BCUT2D eigenvalue weighted by molar-refractivity contribution is -0.132. The third-order valence-electron chi connectivity index (χ3n) is 4.32. The molecule has 1 amide bonds. The van der Waals surface area contributed by atoms with Crippen LogP contribution in [0.2, 0.25) is 0 Å². The lowest BCUT2D eigenvalue weighted by Crippen LogP contribution is -2.29. The van der Waals surface area contributed by atoms with E-state index in [0.29, 0.717) is 5.56 Å². The summed E-state index contributed by atoms with van der Waals surface area (Å²) in [5.74, 6) is -2.65. The molecule has 0 spiro atoms. The van der Waals surface area contributed by atoms with Gasteiger partial charge in [0.15, 0.2) is 5.13 Å². The maximum atomic E-state index is 14.6. The Morgan fingerprint density at radius 2 is 1.78 bits per heavy atom. The standard InChI is InChI=1S/C20H13FN2O3S/c21-14-9-5-4-8-13(14)16-15(17(24)12-6-2-1-3-7-12)18(25)19(26)23(16)20-22-10-11-27-20/h1-11,16,24H. The number of benzene rings is 2. The molecule has 0 aliphatic carbocycles. The summed E-state index contributed by atoms with van der Waals surface area (Å²) in [6.45, 7) is 0. The van der Waals surface area contributed by atoms with Crippen molar-refractivity contribution in [2.45, 2.75) is 6.04 Å². The van der Waals surface area contributed by atoms with Crippen molar-refractivity contribution >= 4 is 33.9 Å². The van der Waals surface area contributed by atoms with E-state index in [1.807, 2.05) is 0 Å². The summed E-state index contributed by atoms with van der Waals surface area (Å²) < 4.78 is 14.6. The number of ketones is 1. The molecule has 0 bridgehead atoms. The molecule has 2 aromatic carbocycles. The van der Waals surface area contributed by atoms with Gasteiger partial charge in [0.2, 0.25) is 0 Å². The second-order valence-corrected chi connectivity index (χ2v) is 6.74. The van der Waals surface area contributed by atoms with E-state index in [9.17, 15) is 19.1 Å².